The lowest BCUT2D eigenvalue weighted by Gasteiger charge is -2.32. The number of morpholine rings is 1. The minimum Gasteiger partial charge on any atom is -0.370 e. The minimum absolute atomic E-state index is 0.0120. The molecular formula is C12H14BrNO2. The van der Waals surface area contributed by atoms with E-state index in [2.05, 4.69) is 15.9 Å². The summed E-state index contributed by atoms with van der Waals surface area (Å²) in [5.74, 6) is 0.129. The number of benzene rings is 1. The van der Waals surface area contributed by atoms with E-state index in [1.54, 1.807) is 0 Å². The number of halogens is 1. The fourth-order valence-electron chi connectivity index (χ4n) is 1.83. The molecule has 86 valence electrons. The lowest BCUT2D eigenvalue weighted by molar-refractivity contribution is -0.136. The number of hydrogen-bond acceptors (Lipinski definition) is 2. The van der Waals surface area contributed by atoms with Crippen LogP contribution in [-0.4, -0.2) is 35.8 Å². The molecule has 0 aliphatic carbocycles. The zero-order chi connectivity index (χ0) is 11.4. The average molecular weight is 284 g/mol. The molecule has 4 heteroatoms. The summed E-state index contributed by atoms with van der Waals surface area (Å²) in [7, 11) is 0. The summed E-state index contributed by atoms with van der Waals surface area (Å²) in [5, 5.41) is 0.383. The molecule has 1 aromatic rings. The van der Waals surface area contributed by atoms with Crippen molar-refractivity contribution in [2.75, 3.05) is 25.0 Å². The Hall–Kier alpha value is -0.870. The van der Waals surface area contributed by atoms with Gasteiger partial charge >= 0.3 is 0 Å². The van der Waals surface area contributed by atoms with Gasteiger partial charge in [-0.1, -0.05) is 46.3 Å². The minimum atomic E-state index is 0.0120. The molecule has 1 amide bonds. The van der Waals surface area contributed by atoms with Crippen molar-refractivity contribution in [3.8, 4) is 0 Å². The maximum Gasteiger partial charge on any atom is 0.233 e. The first-order chi connectivity index (χ1) is 7.81. The first-order valence-electron chi connectivity index (χ1n) is 5.31. The molecule has 3 nitrogen and oxygen atoms in total. The van der Waals surface area contributed by atoms with Gasteiger partial charge in [0.1, 0.15) is 6.10 Å². The van der Waals surface area contributed by atoms with Crippen LogP contribution in [0.3, 0.4) is 0 Å². The van der Waals surface area contributed by atoms with Gasteiger partial charge in [-0.05, 0) is 5.56 Å². The van der Waals surface area contributed by atoms with Crippen LogP contribution < -0.4 is 0 Å². The Morgan fingerprint density at radius 1 is 1.44 bits per heavy atom. The third kappa shape index (κ3) is 2.62. The summed E-state index contributed by atoms with van der Waals surface area (Å²) < 4.78 is 5.68. The zero-order valence-corrected chi connectivity index (χ0v) is 10.5. The highest BCUT2D eigenvalue weighted by atomic mass is 79.9. The van der Waals surface area contributed by atoms with Gasteiger partial charge < -0.3 is 9.64 Å². The summed E-state index contributed by atoms with van der Waals surface area (Å²) in [4.78, 5) is 13.4. The fraction of sp³-hybridized carbons (Fsp3) is 0.417. The lowest BCUT2D eigenvalue weighted by atomic mass is 10.1. The first-order valence-corrected chi connectivity index (χ1v) is 6.43. The highest BCUT2D eigenvalue weighted by Crippen LogP contribution is 2.21. The number of ether oxygens (including phenoxy) is 1. The summed E-state index contributed by atoms with van der Waals surface area (Å²) in [6.07, 6.45) is 0.0120. The van der Waals surface area contributed by atoms with E-state index in [1.807, 2.05) is 35.2 Å². The van der Waals surface area contributed by atoms with E-state index in [9.17, 15) is 4.79 Å². The van der Waals surface area contributed by atoms with Crippen molar-refractivity contribution in [3.05, 3.63) is 35.9 Å². The molecule has 0 bridgehead atoms. The Kier molecular flexibility index (Phi) is 3.96. The van der Waals surface area contributed by atoms with Gasteiger partial charge in [-0.3, -0.25) is 4.79 Å². The molecule has 0 spiro atoms. The third-order valence-electron chi connectivity index (χ3n) is 2.70. The molecule has 1 aromatic carbocycles. The molecule has 0 N–H and O–H groups in total. The van der Waals surface area contributed by atoms with Crippen molar-refractivity contribution in [1.82, 2.24) is 4.90 Å². The first kappa shape index (κ1) is 11.6. The monoisotopic (exact) mass is 283 g/mol. The van der Waals surface area contributed by atoms with E-state index in [1.165, 1.54) is 0 Å². The Bertz CT molecular complexity index is 355. The van der Waals surface area contributed by atoms with E-state index < -0.39 is 0 Å². The average Bonchev–Trinajstić information content (AvgIpc) is 2.39. The number of amides is 1. The quantitative estimate of drug-likeness (QED) is 0.777. The second-order valence-electron chi connectivity index (χ2n) is 3.74. The molecule has 1 aliphatic rings. The van der Waals surface area contributed by atoms with Crippen LogP contribution in [-0.2, 0) is 9.53 Å². The Morgan fingerprint density at radius 3 is 2.88 bits per heavy atom. The second kappa shape index (κ2) is 5.46. The van der Waals surface area contributed by atoms with Crippen LogP contribution in [0, 0.1) is 0 Å². The molecule has 1 saturated heterocycles. The van der Waals surface area contributed by atoms with Crippen molar-refractivity contribution < 1.29 is 9.53 Å². The van der Waals surface area contributed by atoms with Crippen LogP contribution in [0.15, 0.2) is 30.3 Å². The molecule has 0 radical (unpaired) electrons. The lowest BCUT2D eigenvalue weighted by Crippen LogP contribution is -2.42. The number of nitrogens with zero attached hydrogens (tertiary/aromatic N) is 1. The summed E-state index contributed by atoms with van der Waals surface area (Å²) >= 11 is 3.19. The van der Waals surface area contributed by atoms with E-state index >= 15 is 0 Å². The Balaban J connectivity index is 2.05. The Labute approximate surface area is 104 Å². The van der Waals surface area contributed by atoms with E-state index in [0.29, 0.717) is 25.0 Å². The molecule has 16 heavy (non-hydrogen) atoms. The van der Waals surface area contributed by atoms with Gasteiger partial charge in [0.15, 0.2) is 0 Å². The van der Waals surface area contributed by atoms with Crippen molar-refractivity contribution in [3.63, 3.8) is 0 Å². The van der Waals surface area contributed by atoms with E-state index in [4.69, 9.17) is 4.74 Å². The maximum absolute atomic E-state index is 11.6. The molecule has 1 fully saturated rings. The molecule has 1 aliphatic heterocycles. The normalized spacial score (nSPS) is 20.8. The van der Waals surface area contributed by atoms with Crippen molar-refractivity contribution in [1.29, 1.82) is 0 Å². The highest BCUT2D eigenvalue weighted by molar-refractivity contribution is 9.09. The predicted molar refractivity (Wildman–Crippen MR) is 65.5 cm³/mol. The molecule has 2 rings (SSSR count). The zero-order valence-electron chi connectivity index (χ0n) is 8.93. The van der Waals surface area contributed by atoms with Gasteiger partial charge in [-0.15, -0.1) is 0 Å². The van der Waals surface area contributed by atoms with Crippen LogP contribution in [0.2, 0.25) is 0 Å². The number of carbonyl (C=O) groups is 1. The molecule has 1 unspecified atom stereocenters. The molecule has 1 atom stereocenters. The van der Waals surface area contributed by atoms with Crippen molar-refractivity contribution >= 4 is 21.8 Å². The smallest absolute Gasteiger partial charge is 0.233 e. The fourth-order valence-corrected chi connectivity index (χ4v) is 2.18. The largest absolute Gasteiger partial charge is 0.370 e. The van der Waals surface area contributed by atoms with E-state index in [-0.39, 0.29) is 12.0 Å². The van der Waals surface area contributed by atoms with Gasteiger partial charge in [0, 0.05) is 6.54 Å². The highest BCUT2D eigenvalue weighted by Gasteiger charge is 2.24. The standard InChI is InChI=1S/C12H14BrNO2/c13-8-12(15)14-6-7-16-11(9-14)10-4-2-1-3-5-10/h1-5,11H,6-9H2. The van der Waals surface area contributed by atoms with Crippen LogP contribution in [0.25, 0.3) is 0 Å². The SMILES string of the molecule is O=C(CBr)N1CCOC(c2ccccc2)C1. The van der Waals surface area contributed by atoms with Gasteiger partial charge in [0.2, 0.25) is 5.91 Å². The van der Waals surface area contributed by atoms with Gasteiger partial charge in [-0.25, -0.2) is 0 Å². The van der Waals surface area contributed by atoms with Crippen molar-refractivity contribution in [2.24, 2.45) is 0 Å². The van der Waals surface area contributed by atoms with E-state index in [0.717, 1.165) is 5.56 Å². The summed E-state index contributed by atoms with van der Waals surface area (Å²) in [6.45, 7) is 1.94. The third-order valence-corrected chi connectivity index (χ3v) is 3.18. The number of hydrogen-bond donors (Lipinski definition) is 0. The number of carbonyl (C=O) groups excluding carboxylic acids is 1. The molecule has 1 heterocycles. The maximum atomic E-state index is 11.6. The predicted octanol–water partition coefficient (Wildman–Crippen LogP) is 1.98. The van der Waals surface area contributed by atoms with Crippen LogP contribution in [0.5, 0.6) is 0 Å². The molecule has 0 aromatic heterocycles. The molecular weight excluding hydrogens is 270 g/mol. The topological polar surface area (TPSA) is 29.5 Å². The summed E-state index contributed by atoms with van der Waals surface area (Å²) in [6, 6.07) is 10.0. The Morgan fingerprint density at radius 2 is 2.19 bits per heavy atom. The van der Waals surface area contributed by atoms with Gasteiger partial charge in [0.05, 0.1) is 18.5 Å². The number of alkyl halides is 1. The van der Waals surface area contributed by atoms with Crippen LogP contribution >= 0.6 is 15.9 Å². The van der Waals surface area contributed by atoms with Crippen LogP contribution in [0.1, 0.15) is 11.7 Å². The molecule has 0 saturated carbocycles. The second-order valence-corrected chi connectivity index (χ2v) is 4.30. The van der Waals surface area contributed by atoms with Gasteiger partial charge in [-0.2, -0.15) is 0 Å². The summed E-state index contributed by atoms with van der Waals surface area (Å²) in [5.41, 5.74) is 1.13. The van der Waals surface area contributed by atoms with Crippen LogP contribution in [0.4, 0.5) is 0 Å². The number of rotatable bonds is 2. The van der Waals surface area contributed by atoms with Crippen molar-refractivity contribution in [2.45, 2.75) is 6.10 Å². The van der Waals surface area contributed by atoms with Gasteiger partial charge in [0.25, 0.3) is 0 Å².